The van der Waals surface area contributed by atoms with Gasteiger partial charge in [0.15, 0.2) is 4.80 Å². The summed E-state index contributed by atoms with van der Waals surface area (Å²) < 4.78 is 4.13. The number of aromatic nitrogens is 1. The van der Waals surface area contributed by atoms with Crippen molar-refractivity contribution in [1.29, 1.82) is 0 Å². The van der Waals surface area contributed by atoms with Gasteiger partial charge in [0.25, 0.3) is 5.91 Å². The molecule has 1 aromatic heterocycles. The van der Waals surface area contributed by atoms with Crippen LogP contribution < -0.4 is 4.80 Å². The summed E-state index contributed by atoms with van der Waals surface area (Å²) in [5.41, 5.74) is 4.48. The lowest BCUT2D eigenvalue weighted by molar-refractivity contribution is -0.117. The molecule has 0 bridgehead atoms. The Bertz CT molecular complexity index is 1030. The quantitative estimate of drug-likeness (QED) is 0.556. The maximum absolute atomic E-state index is 12.5. The third-order valence-electron chi connectivity index (χ3n) is 4.10. The summed E-state index contributed by atoms with van der Waals surface area (Å²) in [6.45, 7) is 8.56. The van der Waals surface area contributed by atoms with Crippen LogP contribution in [0.15, 0.2) is 58.5 Å². The number of nitrogens with zero attached hydrogens (tertiary/aromatic N) is 2. The molecule has 0 N–H and O–H groups in total. The van der Waals surface area contributed by atoms with Crippen molar-refractivity contribution in [2.75, 3.05) is 0 Å². The number of rotatable bonds is 4. The first-order valence-corrected chi connectivity index (χ1v) is 9.62. The standard InChI is InChI=1S/C20H19BrN2OS/c1-4-9-23-17-8-7-16(21)12-18(17)25-20(23)22-19(24)11-15-6-5-13(2)14(3)10-15/h4-8,10,12H,1,9,11H2,2-3H3. The average Bonchev–Trinajstić information content (AvgIpc) is 2.88. The number of allylic oxidation sites excluding steroid dienone is 1. The fourth-order valence-corrected chi connectivity index (χ4v) is 4.28. The highest BCUT2D eigenvalue weighted by atomic mass is 79.9. The number of fused-ring (bicyclic) bond motifs is 1. The van der Waals surface area contributed by atoms with E-state index in [1.54, 1.807) is 0 Å². The van der Waals surface area contributed by atoms with Crippen LogP contribution in [0.1, 0.15) is 16.7 Å². The van der Waals surface area contributed by atoms with Crippen molar-refractivity contribution in [3.63, 3.8) is 0 Å². The second-order valence-electron chi connectivity index (χ2n) is 6.00. The molecule has 0 aliphatic heterocycles. The molecule has 2 aromatic carbocycles. The molecule has 0 unspecified atom stereocenters. The van der Waals surface area contributed by atoms with Gasteiger partial charge in [-0.25, -0.2) is 0 Å². The highest BCUT2D eigenvalue weighted by Crippen LogP contribution is 2.22. The smallest absolute Gasteiger partial charge is 0.252 e. The summed E-state index contributed by atoms with van der Waals surface area (Å²) in [4.78, 5) is 17.6. The monoisotopic (exact) mass is 414 g/mol. The van der Waals surface area contributed by atoms with Gasteiger partial charge >= 0.3 is 0 Å². The van der Waals surface area contributed by atoms with Gasteiger partial charge in [0, 0.05) is 11.0 Å². The first-order valence-electron chi connectivity index (χ1n) is 8.01. The number of carbonyl (C=O) groups excluding carboxylic acids is 1. The topological polar surface area (TPSA) is 34.4 Å². The van der Waals surface area contributed by atoms with E-state index >= 15 is 0 Å². The predicted octanol–water partition coefficient (Wildman–Crippen LogP) is 4.94. The molecule has 0 fully saturated rings. The number of amides is 1. The minimum absolute atomic E-state index is 0.133. The first kappa shape index (κ1) is 17.8. The lowest BCUT2D eigenvalue weighted by Crippen LogP contribution is -2.16. The average molecular weight is 415 g/mol. The summed E-state index contributed by atoms with van der Waals surface area (Å²) in [5, 5.41) is 0. The van der Waals surface area contributed by atoms with E-state index in [0.29, 0.717) is 17.8 Å². The lowest BCUT2D eigenvalue weighted by Gasteiger charge is -2.03. The number of hydrogen-bond acceptors (Lipinski definition) is 2. The predicted molar refractivity (Wildman–Crippen MR) is 108 cm³/mol. The number of benzene rings is 2. The molecular weight excluding hydrogens is 396 g/mol. The van der Waals surface area contributed by atoms with Crippen LogP contribution in [0.25, 0.3) is 10.2 Å². The highest BCUT2D eigenvalue weighted by Gasteiger charge is 2.08. The van der Waals surface area contributed by atoms with Crippen molar-refractivity contribution >= 4 is 43.4 Å². The van der Waals surface area contributed by atoms with E-state index in [-0.39, 0.29) is 5.91 Å². The third kappa shape index (κ3) is 3.99. The Labute approximate surface area is 159 Å². The van der Waals surface area contributed by atoms with Gasteiger partial charge < -0.3 is 4.57 Å². The van der Waals surface area contributed by atoms with Crippen molar-refractivity contribution < 1.29 is 4.79 Å². The number of hydrogen-bond donors (Lipinski definition) is 0. The molecule has 1 amide bonds. The zero-order chi connectivity index (χ0) is 18.0. The van der Waals surface area contributed by atoms with Crippen LogP contribution in [-0.4, -0.2) is 10.5 Å². The Morgan fingerprint density at radius 3 is 2.76 bits per heavy atom. The normalized spacial score (nSPS) is 11.9. The van der Waals surface area contributed by atoms with Gasteiger partial charge in [-0.15, -0.1) is 6.58 Å². The summed E-state index contributed by atoms with van der Waals surface area (Å²) in [6.07, 6.45) is 2.13. The Morgan fingerprint density at radius 2 is 2.04 bits per heavy atom. The van der Waals surface area contributed by atoms with Crippen LogP contribution in [0, 0.1) is 13.8 Å². The first-order chi connectivity index (χ1) is 12.0. The molecule has 0 atom stereocenters. The van der Waals surface area contributed by atoms with Crippen LogP contribution in [0.4, 0.5) is 0 Å². The largest absolute Gasteiger partial charge is 0.313 e. The molecule has 128 valence electrons. The minimum Gasteiger partial charge on any atom is -0.313 e. The van der Waals surface area contributed by atoms with Crippen LogP contribution in [0.3, 0.4) is 0 Å². The molecule has 0 aliphatic rings. The lowest BCUT2D eigenvalue weighted by atomic mass is 10.0. The fourth-order valence-electron chi connectivity index (χ4n) is 2.67. The SMILES string of the molecule is C=CCn1c(=NC(=O)Cc2ccc(C)c(C)c2)sc2cc(Br)ccc21. The molecule has 3 nitrogen and oxygen atoms in total. The molecule has 0 saturated carbocycles. The van der Waals surface area contributed by atoms with E-state index in [0.717, 1.165) is 20.3 Å². The Morgan fingerprint density at radius 1 is 1.24 bits per heavy atom. The van der Waals surface area contributed by atoms with E-state index in [4.69, 9.17) is 0 Å². The molecule has 0 spiro atoms. The maximum Gasteiger partial charge on any atom is 0.252 e. The molecule has 3 aromatic rings. The summed E-state index contributed by atoms with van der Waals surface area (Å²) in [7, 11) is 0. The van der Waals surface area contributed by atoms with Crippen molar-refractivity contribution in [3.8, 4) is 0 Å². The number of aryl methyl sites for hydroxylation is 2. The van der Waals surface area contributed by atoms with Crippen LogP contribution in [0.2, 0.25) is 0 Å². The maximum atomic E-state index is 12.5. The van der Waals surface area contributed by atoms with E-state index in [1.807, 2.05) is 41.0 Å². The summed E-state index contributed by atoms with van der Waals surface area (Å²) >= 11 is 5.01. The van der Waals surface area contributed by atoms with Crippen molar-refractivity contribution in [3.05, 3.63) is 75.0 Å². The van der Waals surface area contributed by atoms with E-state index in [2.05, 4.69) is 47.4 Å². The zero-order valence-electron chi connectivity index (χ0n) is 14.3. The molecule has 25 heavy (non-hydrogen) atoms. The van der Waals surface area contributed by atoms with Crippen molar-refractivity contribution in [1.82, 2.24) is 4.57 Å². The second kappa shape index (κ2) is 7.50. The zero-order valence-corrected chi connectivity index (χ0v) is 16.7. The number of thiazole rings is 1. The van der Waals surface area contributed by atoms with Crippen LogP contribution in [-0.2, 0) is 17.8 Å². The molecule has 5 heteroatoms. The summed E-state index contributed by atoms with van der Waals surface area (Å²) in [5.74, 6) is -0.133. The van der Waals surface area contributed by atoms with Gasteiger partial charge in [0.1, 0.15) is 0 Å². The molecular formula is C20H19BrN2OS. The highest BCUT2D eigenvalue weighted by molar-refractivity contribution is 9.10. The third-order valence-corrected chi connectivity index (χ3v) is 5.64. The van der Waals surface area contributed by atoms with Gasteiger partial charge in [-0.05, 0) is 48.7 Å². The summed E-state index contributed by atoms with van der Waals surface area (Å²) in [6, 6.07) is 12.2. The second-order valence-corrected chi connectivity index (χ2v) is 7.92. The fraction of sp³-hybridized carbons (Fsp3) is 0.200. The van der Waals surface area contributed by atoms with Gasteiger partial charge in [0.05, 0.1) is 16.6 Å². The molecule has 0 radical (unpaired) electrons. The van der Waals surface area contributed by atoms with Crippen molar-refractivity contribution in [2.24, 2.45) is 4.99 Å². The van der Waals surface area contributed by atoms with Gasteiger partial charge in [-0.2, -0.15) is 4.99 Å². The molecule has 1 heterocycles. The van der Waals surface area contributed by atoms with Gasteiger partial charge in [-0.1, -0.05) is 51.5 Å². The Hall–Kier alpha value is -1.98. The Kier molecular flexibility index (Phi) is 5.35. The van der Waals surface area contributed by atoms with Crippen molar-refractivity contribution in [2.45, 2.75) is 26.8 Å². The van der Waals surface area contributed by atoms with Crippen LogP contribution >= 0.6 is 27.3 Å². The molecule has 0 aliphatic carbocycles. The Balaban J connectivity index is 1.98. The van der Waals surface area contributed by atoms with Gasteiger partial charge in [0.2, 0.25) is 0 Å². The number of halogens is 1. The van der Waals surface area contributed by atoms with E-state index < -0.39 is 0 Å². The van der Waals surface area contributed by atoms with Gasteiger partial charge in [-0.3, -0.25) is 4.79 Å². The molecule has 3 rings (SSSR count). The van der Waals surface area contributed by atoms with E-state index in [1.165, 1.54) is 22.5 Å². The minimum atomic E-state index is -0.133. The molecule has 0 saturated heterocycles. The number of carbonyl (C=O) groups is 1. The van der Waals surface area contributed by atoms with Crippen LogP contribution in [0.5, 0.6) is 0 Å². The van der Waals surface area contributed by atoms with E-state index in [9.17, 15) is 4.79 Å².